The number of benzene rings is 4. The average Bonchev–Trinajstić information content (AvgIpc) is 2.97. The van der Waals surface area contributed by atoms with Gasteiger partial charge in [-0.15, -0.1) is 0 Å². The van der Waals surface area contributed by atoms with Crippen molar-refractivity contribution in [2.75, 3.05) is 20.0 Å². The Labute approximate surface area is 221 Å². The fraction of sp³-hybridized carbons (Fsp3) is 0.161. The molecule has 37 heavy (non-hydrogen) atoms. The van der Waals surface area contributed by atoms with E-state index in [4.69, 9.17) is 14.2 Å². The summed E-state index contributed by atoms with van der Waals surface area (Å²) in [6.45, 7) is 0.288. The molecule has 0 N–H and O–H groups in total. The zero-order chi connectivity index (χ0) is 26.1. The molecule has 0 saturated carbocycles. The van der Waals surface area contributed by atoms with Crippen LogP contribution < -0.4 is 9.47 Å². The van der Waals surface area contributed by atoms with E-state index in [-0.39, 0.29) is 17.5 Å². The van der Waals surface area contributed by atoms with Crippen molar-refractivity contribution in [1.82, 2.24) is 0 Å². The molecule has 0 aliphatic heterocycles. The molecule has 1 radical (unpaired) electrons. The largest absolute Gasteiger partial charge is 0.497 e. The smallest absolute Gasteiger partial charge is 0.219 e. The van der Waals surface area contributed by atoms with Gasteiger partial charge in [-0.3, -0.25) is 9.59 Å². The van der Waals surface area contributed by atoms with Gasteiger partial charge in [0.05, 0.1) is 26.6 Å². The van der Waals surface area contributed by atoms with Crippen LogP contribution in [0.4, 0.5) is 0 Å². The average molecular weight is 512 g/mol. The van der Waals surface area contributed by atoms with E-state index < -0.39 is 5.60 Å². The SMILES string of the molecule is COc1ccc(C(OCc2ccc(C(=O)SC[C]=O)cc2)(c2ccccc2)c2ccc(OC)cc2)cc1. The number of thioether (sulfide) groups is 1. The molecule has 0 amide bonds. The number of carbonyl (C=O) groups is 1. The summed E-state index contributed by atoms with van der Waals surface area (Å²) < 4.78 is 17.7. The molecule has 0 aliphatic rings. The molecule has 6 heteroatoms. The highest BCUT2D eigenvalue weighted by Gasteiger charge is 2.38. The molecule has 0 fully saturated rings. The van der Waals surface area contributed by atoms with Crippen molar-refractivity contribution in [1.29, 1.82) is 0 Å². The molecule has 0 aliphatic carbocycles. The Kier molecular flexibility index (Phi) is 8.77. The van der Waals surface area contributed by atoms with E-state index in [1.54, 1.807) is 32.6 Å². The number of hydrogen-bond donors (Lipinski definition) is 0. The molecule has 187 valence electrons. The van der Waals surface area contributed by atoms with E-state index >= 15 is 0 Å². The summed E-state index contributed by atoms with van der Waals surface area (Å²) in [7, 11) is 3.28. The Morgan fingerprint density at radius 1 is 0.730 bits per heavy atom. The Hall–Kier alpha value is -3.87. The molecule has 5 nitrogen and oxygen atoms in total. The van der Waals surface area contributed by atoms with Crippen molar-refractivity contribution in [3.05, 3.63) is 131 Å². The molecule has 0 heterocycles. The lowest BCUT2D eigenvalue weighted by molar-refractivity contribution is 0.000188. The number of methoxy groups -OCH3 is 2. The first-order chi connectivity index (χ1) is 18.1. The summed E-state index contributed by atoms with van der Waals surface area (Å²) >= 11 is 0.937. The first-order valence-corrected chi connectivity index (χ1v) is 12.7. The predicted octanol–water partition coefficient (Wildman–Crippen LogP) is 6.20. The van der Waals surface area contributed by atoms with Gasteiger partial charge in [-0.25, -0.2) is 0 Å². The molecule has 0 saturated heterocycles. The van der Waals surface area contributed by atoms with Crippen molar-refractivity contribution < 1.29 is 23.8 Å². The molecule has 0 atom stereocenters. The van der Waals surface area contributed by atoms with Gasteiger partial charge in [0, 0.05) is 5.56 Å². The normalized spacial score (nSPS) is 11.1. The zero-order valence-electron chi connectivity index (χ0n) is 20.7. The first-order valence-electron chi connectivity index (χ1n) is 11.7. The number of rotatable bonds is 11. The molecule has 4 aromatic rings. The van der Waals surface area contributed by atoms with E-state index in [1.807, 2.05) is 78.9 Å². The van der Waals surface area contributed by atoms with Crippen molar-refractivity contribution in [2.45, 2.75) is 12.2 Å². The van der Waals surface area contributed by atoms with E-state index in [2.05, 4.69) is 12.1 Å². The third kappa shape index (κ3) is 5.93. The van der Waals surface area contributed by atoms with Crippen LogP contribution in [0.3, 0.4) is 0 Å². The second-order valence-corrected chi connectivity index (χ2v) is 9.16. The lowest BCUT2D eigenvalue weighted by Gasteiger charge is -2.36. The highest BCUT2D eigenvalue weighted by Crippen LogP contribution is 2.42. The molecule has 4 aromatic carbocycles. The molecule has 0 unspecified atom stereocenters. The molecule has 0 bridgehead atoms. The molecule has 0 aromatic heterocycles. The van der Waals surface area contributed by atoms with E-state index in [9.17, 15) is 9.59 Å². The van der Waals surface area contributed by atoms with Gasteiger partial charge < -0.3 is 14.2 Å². The third-order valence-corrected chi connectivity index (χ3v) is 6.84. The van der Waals surface area contributed by atoms with Gasteiger partial charge in [0.2, 0.25) is 11.4 Å². The molecule has 0 spiro atoms. The van der Waals surface area contributed by atoms with Gasteiger partial charge in [-0.2, -0.15) is 0 Å². The van der Waals surface area contributed by atoms with Crippen LogP contribution in [0.25, 0.3) is 0 Å². The van der Waals surface area contributed by atoms with Crippen molar-refractivity contribution >= 4 is 23.2 Å². The van der Waals surface area contributed by atoms with Crippen LogP contribution >= 0.6 is 11.8 Å². The van der Waals surface area contributed by atoms with Crippen LogP contribution in [0, 0.1) is 0 Å². The number of hydrogen-bond acceptors (Lipinski definition) is 6. The minimum atomic E-state index is -0.927. The van der Waals surface area contributed by atoms with Gasteiger partial charge >= 0.3 is 0 Å². The topological polar surface area (TPSA) is 61.8 Å². The summed E-state index contributed by atoms with van der Waals surface area (Å²) in [6.07, 6.45) is 1.73. The maximum Gasteiger partial charge on any atom is 0.219 e. The maximum absolute atomic E-state index is 12.2. The van der Waals surface area contributed by atoms with E-state index in [0.717, 1.165) is 45.5 Å². The van der Waals surface area contributed by atoms with Crippen molar-refractivity contribution in [3.63, 3.8) is 0 Å². The van der Waals surface area contributed by atoms with Gasteiger partial charge in [-0.1, -0.05) is 90.6 Å². The lowest BCUT2D eigenvalue weighted by Crippen LogP contribution is -2.32. The van der Waals surface area contributed by atoms with Gasteiger partial charge in [0.25, 0.3) is 0 Å². The maximum atomic E-state index is 12.2. The van der Waals surface area contributed by atoms with E-state index in [0.29, 0.717) is 5.56 Å². The summed E-state index contributed by atoms with van der Waals surface area (Å²) in [5.41, 5.74) is 3.37. The molecular formula is C31H27O5S. The quantitative estimate of drug-likeness (QED) is 0.224. The fourth-order valence-electron chi connectivity index (χ4n) is 4.18. The van der Waals surface area contributed by atoms with Gasteiger partial charge in [0.15, 0.2) is 0 Å². The Balaban J connectivity index is 1.76. The Bertz CT molecular complexity index is 1250. The van der Waals surface area contributed by atoms with E-state index in [1.165, 1.54) is 0 Å². The zero-order valence-corrected chi connectivity index (χ0v) is 21.5. The third-order valence-electron chi connectivity index (χ3n) is 6.08. The monoisotopic (exact) mass is 511 g/mol. The second-order valence-electron chi connectivity index (χ2n) is 8.21. The highest BCUT2D eigenvalue weighted by molar-refractivity contribution is 8.14. The van der Waals surface area contributed by atoms with Crippen LogP contribution in [0.15, 0.2) is 103 Å². The summed E-state index contributed by atoms with van der Waals surface area (Å²) in [5.74, 6) is 1.53. The van der Waals surface area contributed by atoms with Crippen molar-refractivity contribution in [3.8, 4) is 11.5 Å². The summed E-state index contributed by atoms with van der Waals surface area (Å²) in [5, 5.41) is -0.161. The molecular weight excluding hydrogens is 484 g/mol. The van der Waals surface area contributed by atoms with Gasteiger partial charge in [-0.05, 0) is 46.5 Å². The lowest BCUT2D eigenvalue weighted by atomic mass is 9.80. The number of ether oxygens (including phenoxy) is 3. The minimum absolute atomic E-state index is 0.0208. The van der Waals surface area contributed by atoms with Crippen LogP contribution in [-0.4, -0.2) is 31.4 Å². The predicted molar refractivity (Wildman–Crippen MR) is 146 cm³/mol. The summed E-state index contributed by atoms with van der Waals surface area (Å²) in [4.78, 5) is 22.7. The van der Waals surface area contributed by atoms with Crippen molar-refractivity contribution in [2.24, 2.45) is 0 Å². The van der Waals surface area contributed by atoms with Crippen LogP contribution in [0.2, 0.25) is 0 Å². The molecule has 4 rings (SSSR count). The number of carbonyl (C=O) groups excluding carboxylic acids is 2. The van der Waals surface area contributed by atoms with Crippen LogP contribution in [0.5, 0.6) is 11.5 Å². The standard InChI is InChI=1S/C31H27O5S/c1-34-28-16-12-26(13-17-28)31(25-6-4-3-5-7-25,27-14-18-29(35-2)19-15-27)36-22-23-8-10-24(11-9-23)30(33)37-21-20-32/h3-19H,21-22H2,1-2H3. The first kappa shape index (κ1) is 26.2. The second kappa shape index (κ2) is 12.4. The fourth-order valence-corrected chi connectivity index (χ4v) is 4.67. The minimum Gasteiger partial charge on any atom is -0.497 e. The summed E-state index contributed by atoms with van der Waals surface area (Å²) in [6, 6.07) is 33.1. The van der Waals surface area contributed by atoms with Crippen LogP contribution in [0.1, 0.15) is 32.6 Å². The van der Waals surface area contributed by atoms with Gasteiger partial charge in [0.1, 0.15) is 17.1 Å². The van der Waals surface area contributed by atoms with Crippen LogP contribution in [-0.2, 0) is 21.7 Å². The Morgan fingerprint density at radius 3 is 1.73 bits per heavy atom. The highest BCUT2D eigenvalue weighted by atomic mass is 32.2. The Morgan fingerprint density at radius 2 is 1.24 bits per heavy atom.